The van der Waals surface area contributed by atoms with Crippen molar-refractivity contribution in [2.75, 3.05) is 25.5 Å². The Morgan fingerprint density at radius 1 is 0.948 bits per heavy atom. The number of carbonyl (C=O) groups excluding carboxylic acids is 2. The van der Waals surface area contributed by atoms with Crippen LogP contribution in [0.25, 0.3) is 10.9 Å². The van der Waals surface area contributed by atoms with E-state index >= 15 is 0 Å². The first kappa shape index (κ1) is 39.0. The number of hydrogen-bond donors (Lipinski definition) is 1. The molecule has 1 saturated heterocycles. The lowest BCUT2D eigenvalue weighted by molar-refractivity contribution is -0.134. The van der Waals surface area contributed by atoms with Crippen molar-refractivity contribution in [3.05, 3.63) is 138 Å². The van der Waals surface area contributed by atoms with Crippen molar-refractivity contribution in [2.24, 2.45) is 0 Å². The summed E-state index contributed by atoms with van der Waals surface area (Å²) >= 11 is 6.64. The van der Waals surface area contributed by atoms with Crippen LogP contribution in [0.4, 0.5) is 11.4 Å². The smallest absolute Gasteiger partial charge is 0.356 e. The van der Waals surface area contributed by atoms with E-state index in [2.05, 4.69) is 21.4 Å². The fourth-order valence-electron chi connectivity index (χ4n) is 6.59. The van der Waals surface area contributed by atoms with Crippen LogP contribution in [0.15, 0.2) is 109 Å². The first-order valence-corrected chi connectivity index (χ1v) is 18.0. The van der Waals surface area contributed by atoms with Gasteiger partial charge in [0, 0.05) is 65.9 Å². The summed E-state index contributed by atoms with van der Waals surface area (Å²) in [6, 6.07) is 17.3. The minimum absolute atomic E-state index is 0.0948. The van der Waals surface area contributed by atoms with Crippen molar-refractivity contribution in [1.29, 1.82) is 5.26 Å². The molecule has 0 bridgehead atoms. The van der Waals surface area contributed by atoms with Gasteiger partial charge in [-0.1, -0.05) is 17.7 Å². The fourth-order valence-corrected chi connectivity index (χ4v) is 6.82. The third-order valence-electron chi connectivity index (χ3n) is 9.16. The number of halogens is 1. The number of ether oxygens (including phenoxy) is 4. The minimum Gasteiger partial charge on any atom is -0.493 e. The number of benzene rings is 2. The third-order valence-corrected chi connectivity index (χ3v) is 9.45. The van der Waals surface area contributed by atoms with Gasteiger partial charge in [-0.15, -0.1) is 4.74 Å². The van der Waals surface area contributed by atoms with E-state index in [0.29, 0.717) is 75.7 Å². The summed E-state index contributed by atoms with van der Waals surface area (Å²) < 4.78 is 33.9. The number of fused-ring (bicyclic) bond motifs is 2. The zero-order chi connectivity index (χ0) is 41.0. The largest absolute Gasteiger partial charge is 0.493 e. The summed E-state index contributed by atoms with van der Waals surface area (Å²) in [6.45, 7) is 2.41. The Morgan fingerprint density at radius 3 is 2.45 bits per heavy atom. The molecule has 18 heteroatoms. The number of carbonyl (C=O) groups is 2. The number of hydrogen-bond acceptors (Lipinski definition) is 16. The molecule has 2 aromatic carbocycles. The van der Waals surface area contributed by atoms with Gasteiger partial charge < -0.3 is 33.2 Å². The number of likely N-dealkylation sites (tertiary alicyclic amines) is 1. The topological polar surface area (TPSA) is 218 Å². The lowest BCUT2D eigenvalue weighted by Gasteiger charge is -2.37. The summed E-state index contributed by atoms with van der Waals surface area (Å²) in [5.41, 5.74) is -3.22. The van der Waals surface area contributed by atoms with Crippen LogP contribution in [0.3, 0.4) is 0 Å². The van der Waals surface area contributed by atoms with E-state index in [1.807, 2.05) is 12.1 Å². The maximum atomic E-state index is 14.7. The maximum absolute atomic E-state index is 14.7. The van der Waals surface area contributed by atoms with Crippen molar-refractivity contribution < 1.29 is 37.5 Å². The number of aromatic nitrogens is 3. The number of pyridine rings is 2. The SMILES string of the molecule is CCOc1cc2ncc(C#N)c(Nc3ccc(OCc4ccccn4)c(Cl)c3)c2cc1[C@]1(n2oc(=O)ccc(=O)oc3c(c2=O)OC(=O)/C=C\C(=O)O3)CCCN1C. The van der Waals surface area contributed by atoms with E-state index in [1.54, 1.807) is 61.5 Å². The van der Waals surface area contributed by atoms with Gasteiger partial charge in [0.15, 0.2) is 5.66 Å². The van der Waals surface area contributed by atoms with Crippen molar-refractivity contribution in [3.63, 3.8) is 0 Å². The Balaban J connectivity index is 1.45. The molecule has 0 unspecified atom stereocenters. The molecule has 0 saturated carbocycles. The Kier molecular flexibility index (Phi) is 11.0. The predicted octanol–water partition coefficient (Wildman–Crippen LogP) is 4.88. The lowest BCUT2D eigenvalue weighted by atomic mass is 9.93. The molecule has 1 N–H and O–H groups in total. The molecule has 294 valence electrons. The molecule has 2 aliphatic heterocycles. The van der Waals surface area contributed by atoms with Crippen molar-refractivity contribution in [1.82, 2.24) is 19.6 Å². The van der Waals surface area contributed by atoms with Gasteiger partial charge in [0.25, 0.3) is 5.75 Å². The molecular weight excluding hydrogens is 776 g/mol. The van der Waals surface area contributed by atoms with Gasteiger partial charge >= 0.3 is 34.7 Å². The first-order chi connectivity index (χ1) is 28.0. The van der Waals surface area contributed by atoms with Crippen LogP contribution in [0.1, 0.15) is 36.6 Å². The van der Waals surface area contributed by atoms with Gasteiger partial charge in [0.2, 0.25) is 0 Å². The number of rotatable bonds is 9. The zero-order valence-corrected chi connectivity index (χ0v) is 31.5. The Labute approximate surface area is 332 Å². The fraction of sp³-hybridized carbons (Fsp3) is 0.200. The zero-order valence-electron chi connectivity index (χ0n) is 30.7. The highest BCUT2D eigenvalue weighted by Crippen LogP contribution is 2.46. The Bertz CT molecular complexity index is 2780. The van der Waals surface area contributed by atoms with Crippen molar-refractivity contribution in [2.45, 2.75) is 32.0 Å². The van der Waals surface area contributed by atoms with Crippen LogP contribution in [0.2, 0.25) is 5.02 Å². The molecule has 5 aromatic rings. The van der Waals surface area contributed by atoms with Crippen LogP contribution in [0, 0.1) is 11.3 Å². The highest BCUT2D eigenvalue weighted by Gasteiger charge is 2.48. The molecule has 0 amide bonds. The summed E-state index contributed by atoms with van der Waals surface area (Å²) in [5, 5.41) is 14.2. The molecule has 1 atom stereocenters. The van der Waals surface area contributed by atoms with Crippen LogP contribution in [0.5, 0.6) is 23.2 Å². The molecule has 2 aliphatic rings. The first-order valence-electron chi connectivity index (χ1n) is 17.6. The summed E-state index contributed by atoms with van der Waals surface area (Å²) in [5.74, 6) is -3.87. The van der Waals surface area contributed by atoms with E-state index in [0.717, 1.165) is 0 Å². The molecule has 0 radical (unpaired) electrons. The highest BCUT2D eigenvalue weighted by molar-refractivity contribution is 6.32. The Hall–Kier alpha value is -7.29. The average Bonchev–Trinajstić information content (AvgIpc) is 3.60. The second-order valence-electron chi connectivity index (χ2n) is 12.7. The van der Waals surface area contributed by atoms with Gasteiger partial charge in [0.1, 0.15) is 24.2 Å². The molecule has 0 aliphatic carbocycles. The van der Waals surface area contributed by atoms with E-state index in [1.165, 1.54) is 6.20 Å². The van der Waals surface area contributed by atoms with Gasteiger partial charge in [-0.25, -0.2) is 19.2 Å². The van der Waals surface area contributed by atoms with Crippen molar-refractivity contribution in [3.8, 4) is 29.3 Å². The summed E-state index contributed by atoms with van der Waals surface area (Å²) in [6.07, 6.45) is 4.99. The molecule has 58 heavy (non-hydrogen) atoms. The van der Waals surface area contributed by atoms with E-state index in [9.17, 15) is 29.2 Å². The highest BCUT2D eigenvalue weighted by atomic mass is 35.5. The number of nitriles is 1. The normalized spacial score (nSPS) is 16.8. The predicted molar refractivity (Wildman–Crippen MR) is 206 cm³/mol. The molecule has 5 heterocycles. The van der Waals surface area contributed by atoms with Crippen LogP contribution in [-0.4, -0.2) is 51.7 Å². The Morgan fingerprint density at radius 2 is 1.74 bits per heavy atom. The van der Waals surface area contributed by atoms with E-state index < -0.39 is 46.1 Å². The molecule has 1 fully saturated rings. The number of nitrogens with zero attached hydrogens (tertiary/aromatic N) is 5. The van der Waals surface area contributed by atoms with Gasteiger partial charge in [-0.05, 0) is 63.2 Å². The molecule has 17 nitrogen and oxygen atoms in total. The number of anilines is 2. The maximum Gasteiger partial charge on any atom is 0.356 e. The molecular formula is C40H31ClN6O11. The molecule has 7 rings (SSSR count). The van der Waals surface area contributed by atoms with Gasteiger partial charge in [-0.2, -0.15) is 5.26 Å². The van der Waals surface area contributed by atoms with E-state index in [4.69, 9.17) is 39.5 Å². The molecule has 0 spiro atoms. The quantitative estimate of drug-likeness (QED) is 0.196. The second kappa shape index (κ2) is 16.4. The standard InChI is InChI=1S/C40H31ClN6O11/c1-3-53-31-19-29-26(36(23(20-42)21-44-29)45-24-8-9-30(28(41)17-24)54-22-25-7-4-5-15-43-25)18-27(31)40(14-6-16-46(40)2)47-38(52)37-39(56-33(49)11-10-32(48)55-37)57-34(50)12-13-35(51)58-47/h4-5,7-13,15,17-19,21H,3,6,14,16,22H2,1-2H3,(H,44,45)/b11-10-,13-12?,39-37?/t40-/m1/s1. The minimum atomic E-state index is -1.75. The van der Waals surface area contributed by atoms with Crippen LogP contribution < -0.4 is 41.1 Å². The summed E-state index contributed by atoms with van der Waals surface area (Å²) in [7, 11) is 1.66. The number of esters is 2. The van der Waals surface area contributed by atoms with Crippen LogP contribution in [-0.2, 0) is 21.9 Å². The van der Waals surface area contributed by atoms with E-state index in [-0.39, 0.29) is 41.5 Å². The van der Waals surface area contributed by atoms with Gasteiger partial charge in [0.05, 0.1) is 34.1 Å². The van der Waals surface area contributed by atoms with Crippen LogP contribution >= 0.6 is 11.6 Å². The monoisotopic (exact) mass is 806 g/mol. The average molecular weight is 807 g/mol. The second-order valence-corrected chi connectivity index (χ2v) is 13.1. The van der Waals surface area contributed by atoms with Gasteiger partial charge in [-0.3, -0.25) is 19.7 Å². The van der Waals surface area contributed by atoms with Crippen molar-refractivity contribution >= 4 is 45.8 Å². The number of nitrogens with one attached hydrogen (secondary N) is 1. The summed E-state index contributed by atoms with van der Waals surface area (Å²) in [4.78, 5) is 76.2. The molecule has 3 aromatic heterocycles. The lowest BCUT2D eigenvalue weighted by Crippen LogP contribution is -2.50. The third kappa shape index (κ3) is 7.74.